The van der Waals surface area contributed by atoms with E-state index in [-0.39, 0.29) is 12.8 Å². The first-order chi connectivity index (χ1) is 3.33. The van der Waals surface area contributed by atoms with Crippen molar-refractivity contribution in [2.75, 3.05) is 13.2 Å². The lowest BCUT2D eigenvalue weighted by molar-refractivity contribution is 0.318. The molecule has 8 heavy (non-hydrogen) atoms. The minimum Gasteiger partial charge on any atom is -0.397 e. The maximum absolute atomic E-state index is 7.57. The lowest BCUT2D eigenvalue weighted by atomic mass is 10.8. The van der Waals surface area contributed by atoms with Crippen LogP contribution in [0, 0.1) is 0 Å². The van der Waals surface area contributed by atoms with Crippen LogP contribution >= 0.6 is 0 Å². The molecule has 0 heterocycles. The number of hydrogen-bond acceptors (Lipinski definition) is 4. The highest BCUT2D eigenvalue weighted by molar-refractivity contribution is 4.10. The van der Waals surface area contributed by atoms with E-state index in [1.54, 1.807) is 6.92 Å². The van der Waals surface area contributed by atoms with Crippen LogP contribution in [0.2, 0.25) is 0 Å². The standard InChI is InChI=1S/C2H8N2.C2H6O.H3N/c1-2-4-3;1-2-3;/h4H,2-3H2,1H3;3H,2H2,1H3;1H3. The van der Waals surface area contributed by atoms with Crippen LogP contribution in [-0.2, 0) is 0 Å². The van der Waals surface area contributed by atoms with Crippen molar-refractivity contribution < 1.29 is 5.11 Å². The van der Waals surface area contributed by atoms with E-state index in [0.717, 1.165) is 6.54 Å². The summed E-state index contributed by atoms with van der Waals surface area (Å²) in [5, 5.41) is 7.57. The smallest absolute Gasteiger partial charge is 0.0402 e. The van der Waals surface area contributed by atoms with Crippen molar-refractivity contribution in [3.05, 3.63) is 0 Å². The predicted molar refractivity (Wildman–Crippen MR) is 35.6 cm³/mol. The summed E-state index contributed by atoms with van der Waals surface area (Å²) in [4.78, 5) is 0. The van der Waals surface area contributed by atoms with E-state index in [2.05, 4.69) is 5.43 Å². The molecule has 0 aliphatic rings. The molecule has 0 aromatic rings. The molecule has 4 nitrogen and oxygen atoms in total. The van der Waals surface area contributed by atoms with Gasteiger partial charge in [0.15, 0.2) is 0 Å². The molecule has 0 amide bonds. The van der Waals surface area contributed by atoms with E-state index in [4.69, 9.17) is 10.9 Å². The van der Waals surface area contributed by atoms with Gasteiger partial charge in [-0.2, -0.15) is 0 Å². The fraction of sp³-hybridized carbons (Fsp3) is 1.00. The first kappa shape index (κ1) is 15.7. The molecule has 0 rings (SSSR count). The van der Waals surface area contributed by atoms with Crippen molar-refractivity contribution in [3.63, 3.8) is 0 Å². The van der Waals surface area contributed by atoms with Crippen molar-refractivity contribution >= 4 is 0 Å². The molecule has 0 fully saturated rings. The Hall–Kier alpha value is -0.160. The summed E-state index contributed by atoms with van der Waals surface area (Å²) in [6.45, 7) is 4.72. The fourth-order valence-electron chi connectivity index (χ4n) is 0. The number of nitrogens with one attached hydrogen (secondary N) is 1. The molecule has 0 bridgehead atoms. The summed E-state index contributed by atoms with van der Waals surface area (Å²) >= 11 is 0. The van der Waals surface area contributed by atoms with Crippen LogP contribution in [0.3, 0.4) is 0 Å². The van der Waals surface area contributed by atoms with E-state index in [0.29, 0.717) is 0 Å². The number of hydrogen-bond donors (Lipinski definition) is 4. The lowest BCUT2D eigenvalue weighted by Gasteiger charge is -1.77. The van der Waals surface area contributed by atoms with Gasteiger partial charge in [0.2, 0.25) is 0 Å². The maximum atomic E-state index is 7.57. The SMILES string of the molecule is CCNN.CCO.N. The van der Waals surface area contributed by atoms with Crippen molar-refractivity contribution in [3.8, 4) is 0 Å². The van der Waals surface area contributed by atoms with Gasteiger partial charge in [0.25, 0.3) is 0 Å². The first-order valence-corrected chi connectivity index (χ1v) is 2.37. The van der Waals surface area contributed by atoms with Crippen molar-refractivity contribution in [1.82, 2.24) is 11.6 Å². The summed E-state index contributed by atoms with van der Waals surface area (Å²) < 4.78 is 0. The highest BCUT2D eigenvalue weighted by Gasteiger charge is 1.50. The quantitative estimate of drug-likeness (QED) is 0.283. The van der Waals surface area contributed by atoms with Crippen LogP contribution in [0.25, 0.3) is 0 Å². The number of hydrazine groups is 1. The Bertz CT molecular complexity index is 18.8. The van der Waals surface area contributed by atoms with Gasteiger partial charge >= 0.3 is 0 Å². The molecule has 0 saturated carbocycles. The summed E-state index contributed by atoms with van der Waals surface area (Å²) in [6, 6.07) is 0. The Morgan fingerprint density at radius 3 is 1.62 bits per heavy atom. The maximum Gasteiger partial charge on any atom is 0.0402 e. The molecule has 0 aliphatic heterocycles. The summed E-state index contributed by atoms with van der Waals surface area (Å²) in [5.74, 6) is 4.78. The molecule has 0 aromatic carbocycles. The van der Waals surface area contributed by atoms with Gasteiger partial charge in [-0.15, -0.1) is 0 Å². The second kappa shape index (κ2) is 28.9. The van der Waals surface area contributed by atoms with Gasteiger partial charge < -0.3 is 11.3 Å². The van der Waals surface area contributed by atoms with Gasteiger partial charge in [0.1, 0.15) is 0 Å². The van der Waals surface area contributed by atoms with Crippen molar-refractivity contribution in [2.45, 2.75) is 13.8 Å². The highest BCUT2D eigenvalue weighted by atomic mass is 16.2. The molecular weight excluding hydrogens is 106 g/mol. The summed E-state index contributed by atoms with van der Waals surface area (Å²) in [6.07, 6.45) is 0. The molecule has 4 heteroatoms. The number of nitrogens with two attached hydrogens (primary N) is 1. The second-order valence-electron chi connectivity index (χ2n) is 0.874. The molecule has 54 valence electrons. The minimum atomic E-state index is 0. The number of aliphatic hydroxyl groups excluding tert-OH is 1. The zero-order valence-corrected chi connectivity index (χ0v) is 5.65. The van der Waals surface area contributed by atoms with Gasteiger partial charge in [0, 0.05) is 13.2 Å². The molecule has 0 aromatic heterocycles. The average Bonchev–Trinajstić information content (AvgIpc) is 1.69. The fourth-order valence-corrected chi connectivity index (χ4v) is 0. The Labute approximate surface area is 50.6 Å². The third kappa shape index (κ3) is 194. The van der Waals surface area contributed by atoms with Crippen LogP contribution in [0.15, 0.2) is 0 Å². The van der Waals surface area contributed by atoms with Crippen LogP contribution in [-0.4, -0.2) is 18.3 Å². The molecule has 0 atom stereocenters. The van der Waals surface area contributed by atoms with E-state index >= 15 is 0 Å². The van der Waals surface area contributed by atoms with Gasteiger partial charge in [-0.25, -0.2) is 0 Å². The first-order valence-electron chi connectivity index (χ1n) is 2.37. The van der Waals surface area contributed by atoms with E-state index in [1.807, 2.05) is 6.92 Å². The number of rotatable bonds is 1. The Morgan fingerprint density at radius 1 is 1.50 bits per heavy atom. The highest BCUT2D eigenvalue weighted by Crippen LogP contribution is 1.30. The zero-order valence-electron chi connectivity index (χ0n) is 5.65. The van der Waals surface area contributed by atoms with Crippen LogP contribution < -0.4 is 17.4 Å². The van der Waals surface area contributed by atoms with Gasteiger partial charge in [0.05, 0.1) is 0 Å². The Balaban J connectivity index is -0.0000000575. The molecule has 0 spiro atoms. The Morgan fingerprint density at radius 2 is 1.62 bits per heavy atom. The van der Waals surface area contributed by atoms with E-state index < -0.39 is 0 Å². The van der Waals surface area contributed by atoms with Crippen LogP contribution in [0.1, 0.15) is 13.8 Å². The van der Waals surface area contributed by atoms with Crippen molar-refractivity contribution in [1.29, 1.82) is 0 Å². The van der Waals surface area contributed by atoms with Crippen LogP contribution in [0.5, 0.6) is 0 Å². The minimum absolute atomic E-state index is 0. The molecule has 0 unspecified atom stereocenters. The molecular formula is C4H17N3O. The van der Waals surface area contributed by atoms with E-state index in [9.17, 15) is 0 Å². The van der Waals surface area contributed by atoms with Gasteiger partial charge in [-0.05, 0) is 6.92 Å². The zero-order chi connectivity index (χ0) is 6.12. The Kier molecular flexibility index (Phi) is 56.6. The van der Waals surface area contributed by atoms with Gasteiger partial charge in [-0.1, -0.05) is 6.92 Å². The normalized spacial score (nSPS) is 6.00. The molecule has 0 radical (unpaired) electrons. The summed E-state index contributed by atoms with van der Waals surface area (Å²) in [7, 11) is 0. The molecule has 0 aliphatic carbocycles. The molecule has 0 saturated heterocycles. The summed E-state index contributed by atoms with van der Waals surface area (Å²) in [5.41, 5.74) is 2.43. The second-order valence-corrected chi connectivity index (χ2v) is 0.874. The predicted octanol–water partition coefficient (Wildman–Crippen LogP) is -0.370. The van der Waals surface area contributed by atoms with Crippen molar-refractivity contribution in [2.24, 2.45) is 5.84 Å². The van der Waals surface area contributed by atoms with Gasteiger partial charge in [-0.3, -0.25) is 11.3 Å². The van der Waals surface area contributed by atoms with Crippen LogP contribution in [0.4, 0.5) is 0 Å². The third-order valence-corrected chi connectivity index (χ3v) is 0.204. The topological polar surface area (TPSA) is 93.3 Å². The third-order valence-electron chi connectivity index (χ3n) is 0.204. The largest absolute Gasteiger partial charge is 0.397 e. The number of aliphatic hydroxyl groups is 1. The molecule has 7 N–H and O–H groups in total. The lowest BCUT2D eigenvalue weighted by Crippen LogP contribution is -2.20. The average molecular weight is 123 g/mol. The monoisotopic (exact) mass is 123 g/mol. The van der Waals surface area contributed by atoms with E-state index in [1.165, 1.54) is 0 Å².